The first-order valence-corrected chi connectivity index (χ1v) is 6.06. The summed E-state index contributed by atoms with van der Waals surface area (Å²) >= 11 is 0. The topological polar surface area (TPSA) is 74.6 Å². The molecule has 2 rings (SSSR count). The van der Waals surface area contributed by atoms with Crippen molar-refractivity contribution in [3.8, 4) is 0 Å². The summed E-state index contributed by atoms with van der Waals surface area (Å²) in [6.07, 6.45) is 4.24. The number of benzene rings is 1. The maximum Gasteiger partial charge on any atom is 0.418 e. The molecule has 0 radical (unpaired) electrons. The normalized spacial score (nSPS) is 10.8. The van der Waals surface area contributed by atoms with E-state index in [4.69, 9.17) is 0 Å². The lowest BCUT2D eigenvalue weighted by molar-refractivity contribution is -0.134. The molecule has 108 valence electrons. The maximum absolute atomic E-state index is 11.7. The highest BCUT2D eigenvalue weighted by atomic mass is 16.5. The second-order valence-electron chi connectivity index (χ2n) is 4.14. The van der Waals surface area contributed by atoms with Crippen molar-refractivity contribution in [2.24, 2.45) is 0 Å². The lowest BCUT2D eigenvalue weighted by Gasteiger charge is -2.02. The van der Waals surface area contributed by atoms with Crippen molar-refractivity contribution in [1.82, 2.24) is 4.57 Å². The van der Waals surface area contributed by atoms with E-state index in [1.54, 1.807) is 18.2 Å². The molecule has 0 saturated heterocycles. The average molecular weight is 287 g/mol. The Bertz CT molecular complexity index is 742. The van der Waals surface area contributed by atoms with Crippen LogP contribution in [0.15, 0.2) is 30.5 Å². The van der Waals surface area contributed by atoms with Crippen LogP contribution in [0, 0.1) is 0 Å². The minimum absolute atomic E-state index is 0.334. The molecule has 1 heterocycles. The zero-order valence-electron chi connectivity index (χ0n) is 11.5. The van der Waals surface area contributed by atoms with Gasteiger partial charge in [-0.3, -0.25) is 9.36 Å². The predicted molar refractivity (Wildman–Crippen MR) is 76.2 cm³/mol. The predicted octanol–water partition coefficient (Wildman–Crippen LogP) is 2.25. The van der Waals surface area contributed by atoms with E-state index in [1.807, 2.05) is 0 Å². The fourth-order valence-electron chi connectivity index (χ4n) is 2.05. The first-order valence-electron chi connectivity index (χ1n) is 6.06. The van der Waals surface area contributed by atoms with Crippen LogP contribution in [-0.4, -0.2) is 37.1 Å². The van der Waals surface area contributed by atoms with Crippen LogP contribution in [0.4, 0.5) is 4.79 Å². The molecule has 1 aromatic heterocycles. The van der Waals surface area contributed by atoms with E-state index in [9.17, 15) is 14.4 Å². The Morgan fingerprint density at radius 1 is 1.14 bits per heavy atom. The van der Waals surface area contributed by atoms with Crippen molar-refractivity contribution < 1.29 is 23.9 Å². The van der Waals surface area contributed by atoms with Crippen molar-refractivity contribution in [3.05, 3.63) is 41.6 Å². The molecule has 6 heteroatoms. The molecule has 0 aliphatic rings. The first kappa shape index (κ1) is 14.5. The van der Waals surface area contributed by atoms with Gasteiger partial charge in [0.15, 0.2) is 6.29 Å². The van der Waals surface area contributed by atoms with Crippen LogP contribution in [-0.2, 0) is 14.3 Å². The number of hydrogen-bond acceptors (Lipinski definition) is 5. The zero-order valence-corrected chi connectivity index (χ0v) is 11.5. The van der Waals surface area contributed by atoms with Crippen LogP contribution in [0.5, 0.6) is 0 Å². The average Bonchev–Trinajstić information content (AvgIpc) is 2.91. The van der Waals surface area contributed by atoms with Crippen molar-refractivity contribution in [2.75, 3.05) is 14.2 Å². The van der Waals surface area contributed by atoms with Crippen LogP contribution < -0.4 is 0 Å². The number of esters is 1. The van der Waals surface area contributed by atoms with Gasteiger partial charge in [0, 0.05) is 23.2 Å². The van der Waals surface area contributed by atoms with Crippen molar-refractivity contribution >= 4 is 35.3 Å². The summed E-state index contributed by atoms with van der Waals surface area (Å²) in [5.41, 5.74) is 1.49. The van der Waals surface area contributed by atoms with Crippen LogP contribution in [0.1, 0.15) is 15.9 Å². The van der Waals surface area contributed by atoms with E-state index in [2.05, 4.69) is 9.47 Å². The number of rotatable bonds is 3. The summed E-state index contributed by atoms with van der Waals surface area (Å²) in [7, 11) is 2.54. The summed E-state index contributed by atoms with van der Waals surface area (Å²) in [4.78, 5) is 34.1. The third kappa shape index (κ3) is 2.69. The molecule has 0 aliphatic carbocycles. The minimum atomic E-state index is -0.595. The molecule has 0 N–H and O–H groups in total. The largest absolute Gasteiger partial charge is 0.466 e. The lowest BCUT2D eigenvalue weighted by Crippen LogP contribution is -2.09. The van der Waals surface area contributed by atoms with Gasteiger partial charge in [-0.25, -0.2) is 9.59 Å². The highest BCUT2D eigenvalue weighted by Crippen LogP contribution is 2.25. The molecule has 21 heavy (non-hydrogen) atoms. The Labute approximate surface area is 120 Å². The summed E-state index contributed by atoms with van der Waals surface area (Å²) in [5.74, 6) is -0.507. The van der Waals surface area contributed by atoms with Gasteiger partial charge in [-0.2, -0.15) is 0 Å². The highest BCUT2D eigenvalue weighted by Gasteiger charge is 2.15. The fraction of sp³-hybridized carbons (Fsp3) is 0.133. The van der Waals surface area contributed by atoms with Gasteiger partial charge in [0.1, 0.15) is 0 Å². The molecule has 0 amide bonds. The molecule has 6 nitrogen and oxygen atoms in total. The van der Waals surface area contributed by atoms with E-state index in [1.165, 1.54) is 37.1 Å². The van der Waals surface area contributed by atoms with Crippen molar-refractivity contribution in [1.29, 1.82) is 0 Å². The van der Waals surface area contributed by atoms with Crippen LogP contribution >= 0.6 is 0 Å². The molecule has 1 aromatic carbocycles. The molecule has 2 aromatic rings. The van der Waals surface area contributed by atoms with Gasteiger partial charge in [0.2, 0.25) is 0 Å². The molecular formula is C15H13NO5. The smallest absolute Gasteiger partial charge is 0.418 e. The highest BCUT2D eigenvalue weighted by molar-refractivity contribution is 6.06. The van der Waals surface area contributed by atoms with Crippen molar-refractivity contribution in [3.63, 3.8) is 0 Å². The fourth-order valence-corrected chi connectivity index (χ4v) is 2.05. The van der Waals surface area contributed by atoms with Gasteiger partial charge in [0.05, 0.1) is 19.7 Å². The molecule has 0 unspecified atom stereocenters. The standard InChI is InChI=1S/C15H13NO5/c1-20-13(18)7-6-10-4-3-5-12-14(10)11(9-17)8-16(12)15(19)21-2/h3-9H,1-2H3. The quantitative estimate of drug-likeness (QED) is 0.491. The van der Waals surface area contributed by atoms with Crippen LogP contribution in [0.25, 0.3) is 17.0 Å². The third-order valence-electron chi connectivity index (χ3n) is 2.99. The number of fused-ring (bicyclic) bond motifs is 1. The molecule has 0 spiro atoms. The number of ether oxygens (including phenoxy) is 2. The Morgan fingerprint density at radius 3 is 2.52 bits per heavy atom. The van der Waals surface area contributed by atoms with Gasteiger partial charge in [-0.1, -0.05) is 12.1 Å². The van der Waals surface area contributed by atoms with Gasteiger partial charge in [-0.15, -0.1) is 0 Å². The van der Waals surface area contributed by atoms with E-state index in [-0.39, 0.29) is 0 Å². The number of methoxy groups -OCH3 is 2. The van der Waals surface area contributed by atoms with E-state index < -0.39 is 12.1 Å². The monoisotopic (exact) mass is 287 g/mol. The zero-order chi connectivity index (χ0) is 15.4. The SMILES string of the molecule is COC(=O)C=Cc1cccc2c1c(C=O)cn2C(=O)OC. The second-order valence-corrected chi connectivity index (χ2v) is 4.14. The molecule has 0 saturated carbocycles. The summed E-state index contributed by atoms with van der Waals surface area (Å²) in [6, 6.07) is 5.14. The molecule has 0 bridgehead atoms. The molecule has 0 fully saturated rings. The number of nitrogens with zero attached hydrogens (tertiary/aromatic N) is 1. The van der Waals surface area contributed by atoms with Crippen LogP contribution in [0.3, 0.4) is 0 Å². The van der Waals surface area contributed by atoms with Crippen molar-refractivity contribution in [2.45, 2.75) is 0 Å². The van der Waals surface area contributed by atoms with E-state index in [0.29, 0.717) is 28.3 Å². The molecular weight excluding hydrogens is 274 g/mol. The molecule has 0 atom stereocenters. The number of carbonyl (C=O) groups excluding carboxylic acids is 3. The van der Waals surface area contributed by atoms with E-state index >= 15 is 0 Å². The lowest BCUT2D eigenvalue weighted by atomic mass is 10.1. The Morgan fingerprint density at radius 2 is 1.90 bits per heavy atom. The van der Waals surface area contributed by atoms with Crippen LogP contribution in [0.2, 0.25) is 0 Å². The summed E-state index contributed by atoms with van der Waals surface area (Å²) in [6.45, 7) is 0. The Hall–Kier alpha value is -2.89. The first-order chi connectivity index (χ1) is 10.1. The van der Waals surface area contributed by atoms with Gasteiger partial charge in [0.25, 0.3) is 0 Å². The Kier molecular flexibility index (Phi) is 4.18. The van der Waals surface area contributed by atoms with Gasteiger partial charge < -0.3 is 9.47 Å². The van der Waals surface area contributed by atoms with E-state index in [0.717, 1.165) is 0 Å². The number of aldehydes is 1. The number of carbonyl (C=O) groups is 3. The second kappa shape index (κ2) is 6.04. The molecule has 0 aliphatic heterocycles. The third-order valence-corrected chi connectivity index (χ3v) is 2.99. The summed E-state index contributed by atoms with van der Waals surface area (Å²) < 4.78 is 10.4. The van der Waals surface area contributed by atoms with Gasteiger partial charge >= 0.3 is 12.1 Å². The maximum atomic E-state index is 11.7. The Balaban J connectivity index is 2.66. The van der Waals surface area contributed by atoms with Gasteiger partial charge in [-0.05, 0) is 17.7 Å². The summed E-state index contributed by atoms with van der Waals surface area (Å²) in [5, 5.41) is 0.568. The minimum Gasteiger partial charge on any atom is -0.466 e. The number of hydrogen-bond donors (Lipinski definition) is 0. The number of aromatic nitrogens is 1.